The second-order valence-electron chi connectivity index (χ2n) is 3.37. The zero-order valence-corrected chi connectivity index (χ0v) is 8.03. The molecule has 1 aromatic carbocycles. The van der Waals surface area contributed by atoms with Gasteiger partial charge in [-0.25, -0.2) is 0 Å². The summed E-state index contributed by atoms with van der Waals surface area (Å²) in [4.78, 5) is 1.39. The molecule has 0 saturated heterocycles. The lowest BCUT2D eigenvalue weighted by atomic mass is 10.0. The van der Waals surface area contributed by atoms with Gasteiger partial charge >= 0.3 is 0 Å². The van der Waals surface area contributed by atoms with E-state index in [1.807, 2.05) is 0 Å². The van der Waals surface area contributed by atoms with Gasteiger partial charge in [0.2, 0.25) is 0 Å². The van der Waals surface area contributed by atoms with Crippen molar-refractivity contribution in [2.75, 3.05) is 6.54 Å². The maximum atomic E-state index is 3.37. The maximum absolute atomic E-state index is 3.37. The Morgan fingerprint density at radius 1 is 1.42 bits per heavy atom. The van der Waals surface area contributed by atoms with Crippen molar-refractivity contribution in [2.45, 2.75) is 18.2 Å². The van der Waals surface area contributed by atoms with E-state index in [1.165, 1.54) is 16.9 Å². The van der Waals surface area contributed by atoms with Gasteiger partial charge < -0.3 is 0 Å². The maximum Gasteiger partial charge on any atom is 0.0260 e. The third-order valence-corrected chi connectivity index (χ3v) is 3.08. The summed E-state index contributed by atoms with van der Waals surface area (Å²) in [5, 5.41) is 0. The SMILES string of the molecule is C[C@@H]1CNSc2ccccc2C1. The lowest BCUT2D eigenvalue weighted by Gasteiger charge is -2.05. The van der Waals surface area contributed by atoms with Crippen molar-refractivity contribution in [3.05, 3.63) is 29.8 Å². The molecular formula is C10H13NS. The van der Waals surface area contributed by atoms with E-state index in [0.29, 0.717) is 0 Å². The van der Waals surface area contributed by atoms with Gasteiger partial charge in [0.25, 0.3) is 0 Å². The molecule has 0 bridgehead atoms. The van der Waals surface area contributed by atoms with Gasteiger partial charge in [-0.1, -0.05) is 25.1 Å². The summed E-state index contributed by atoms with van der Waals surface area (Å²) < 4.78 is 3.37. The molecule has 1 nitrogen and oxygen atoms in total. The van der Waals surface area contributed by atoms with Crippen molar-refractivity contribution >= 4 is 11.9 Å². The first-order valence-electron chi connectivity index (χ1n) is 4.34. The minimum Gasteiger partial charge on any atom is -0.260 e. The van der Waals surface area contributed by atoms with Crippen LogP contribution in [0.25, 0.3) is 0 Å². The molecule has 0 saturated carbocycles. The van der Waals surface area contributed by atoms with E-state index in [1.54, 1.807) is 11.9 Å². The summed E-state index contributed by atoms with van der Waals surface area (Å²) in [6.07, 6.45) is 1.20. The summed E-state index contributed by atoms with van der Waals surface area (Å²) in [5.41, 5.74) is 1.49. The van der Waals surface area contributed by atoms with Crippen molar-refractivity contribution in [3.63, 3.8) is 0 Å². The van der Waals surface area contributed by atoms with Crippen molar-refractivity contribution in [2.24, 2.45) is 5.92 Å². The van der Waals surface area contributed by atoms with Gasteiger partial charge in [0.15, 0.2) is 0 Å². The molecule has 0 spiro atoms. The second kappa shape index (κ2) is 3.50. The molecule has 64 valence electrons. The molecular weight excluding hydrogens is 166 g/mol. The highest BCUT2D eigenvalue weighted by molar-refractivity contribution is 7.97. The normalized spacial score (nSPS) is 22.9. The van der Waals surface area contributed by atoms with Crippen LogP contribution in [0.5, 0.6) is 0 Å². The Hall–Kier alpha value is -0.470. The summed E-state index contributed by atoms with van der Waals surface area (Å²) >= 11 is 1.76. The Kier molecular flexibility index (Phi) is 2.38. The van der Waals surface area contributed by atoms with Gasteiger partial charge in [-0.2, -0.15) is 0 Å². The fourth-order valence-electron chi connectivity index (χ4n) is 1.48. The monoisotopic (exact) mass is 179 g/mol. The van der Waals surface area contributed by atoms with Crippen molar-refractivity contribution in [3.8, 4) is 0 Å². The smallest absolute Gasteiger partial charge is 0.0260 e. The molecule has 2 rings (SSSR count). The molecule has 0 unspecified atom stereocenters. The van der Waals surface area contributed by atoms with Crippen LogP contribution in [0.4, 0.5) is 0 Å². The quantitative estimate of drug-likeness (QED) is 0.614. The fraction of sp³-hybridized carbons (Fsp3) is 0.400. The number of nitrogens with one attached hydrogen (secondary N) is 1. The Morgan fingerprint density at radius 3 is 3.17 bits per heavy atom. The predicted octanol–water partition coefficient (Wildman–Crippen LogP) is 2.48. The van der Waals surface area contributed by atoms with Crippen LogP contribution >= 0.6 is 11.9 Å². The first-order chi connectivity index (χ1) is 5.86. The van der Waals surface area contributed by atoms with Gasteiger partial charge in [0.05, 0.1) is 0 Å². The number of hydrogen-bond acceptors (Lipinski definition) is 2. The second-order valence-corrected chi connectivity index (χ2v) is 4.30. The lowest BCUT2D eigenvalue weighted by Crippen LogP contribution is -2.12. The number of benzene rings is 1. The lowest BCUT2D eigenvalue weighted by molar-refractivity contribution is 0.578. The van der Waals surface area contributed by atoms with Crippen LogP contribution in [0, 0.1) is 5.92 Å². The third-order valence-electron chi connectivity index (χ3n) is 2.15. The summed E-state index contributed by atoms with van der Waals surface area (Å²) in [6, 6.07) is 8.64. The van der Waals surface area contributed by atoms with Crippen molar-refractivity contribution in [1.82, 2.24) is 4.72 Å². The molecule has 0 radical (unpaired) electrons. The first-order valence-corrected chi connectivity index (χ1v) is 5.15. The Balaban J connectivity index is 2.31. The third kappa shape index (κ3) is 1.65. The topological polar surface area (TPSA) is 12.0 Å². The Bertz CT molecular complexity index is 272. The molecule has 1 aliphatic rings. The van der Waals surface area contributed by atoms with E-state index < -0.39 is 0 Å². The number of fused-ring (bicyclic) bond motifs is 1. The zero-order chi connectivity index (χ0) is 8.39. The molecule has 0 amide bonds. The van der Waals surface area contributed by atoms with Gasteiger partial charge in [0.1, 0.15) is 0 Å². The highest BCUT2D eigenvalue weighted by atomic mass is 32.2. The van der Waals surface area contributed by atoms with E-state index in [0.717, 1.165) is 12.5 Å². The van der Waals surface area contributed by atoms with Crippen LogP contribution in [-0.2, 0) is 6.42 Å². The molecule has 1 aromatic rings. The minimum absolute atomic E-state index is 0.751. The van der Waals surface area contributed by atoms with Gasteiger partial charge in [0, 0.05) is 11.4 Å². The molecule has 1 aliphatic heterocycles. The Labute approximate surface area is 77.7 Å². The van der Waals surface area contributed by atoms with Crippen LogP contribution in [0.1, 0.15) is 12.5 Å². The van der Waals surface area contributed by atoms with E-state index in [2.05, 4.69) is 35.9 Å². The average molecular weight is 179 g/mol. The standard InChI is InChI=1S/C10H13NS/c1-8-6-9-4-2-3-5-10(9)12-11-7-8/h2-5,8,11H,6-7H2,1H3/t8-/m0/s1. The molecule has 0 aromatic heterocycles. The number of rotatable bonds is 0. The first kappa shape index (κ1) is 8.14. The molecule has 12 heavy (non-hydrogen) atoms. The van der Waals surface area contributed by atoms with Crippen molar-refractivity contribution < 1.29 is 0 Å². The predicted molar refractivity (Wildman–Crippen MR) is 53.2 cm³/mol. The van der Waals surface area contributed by atoms with Crippen molar-refractivity contribution in [1.29, 1.82) is 0 Å². The molecule has 1 N–H and O–H groups in total. The Morgan fingerprint density at radius 2 is 2.25 bits per heavy atom. The fourth-order valence-corrected chi connectivity index (χ4v) is 2.43. The molecule has 2 heteroatoms. The van der Waals surface area contributed by atoms with E-state index in [-0.39, 0.29) is 0 Å². The van der Waals surface area contributed by atoms with Crippen LogP contribution in [-0.4, -0.2) is 6.54 Å². The molecule has 1 atom stereocenters. The van der Waals surface area contributed by atoms with Crippen LogP contribution < -0.4 is 4.72 Å². The number of hydrogen-bond donors (Lipinski definition) is 1. The summed E-state index contributed by atoms with van der Waals surface area (Å²) in [6.45, 7) is 3.40. The van der Waals surface area contributed by atoms with E-state index in [4.69, 9.17) is 0 Å². The van der Waals surface area contributed by atoms with Crippen LogP contribution in [0.2, 0.25) is 0 Å². The minimum atomic E-state index is 0.751. The average Bonchev–Trinajstić information content (AvgIpc) is 2.25. The van der Waals surface area contributed by atoms with Gasteiger partial charge in [-0.05, 0) is 35.9 Å². The van der Waals surface area contributed by atoms with Crippen LogP contribution in [0.15, 0.2) is 29.2 Å². The van der Waals surface area contributed by atoms with Gasteiger partial charge in [-0.3, -0.25) is 4.72 Å². The van der Waals surface area contributed by atoms with E-state index >= 15 is 0 Å². The summed E-state index contributed by atoms with van der Waals surface area (Å²) in [7, 11) is 0. The molecule has 1 heterocycles. The summed E-state index contributed by atoms with van der Waals surface area (Å²) in [5.74, 6) is 0.751. The zero-order valence-electron chi connectivity index (χ0n) is 7.21. The van der Waals surface area contributed by atoms with E-state index in [9.17, 15) is 0 Å². The highest BCUT2D eigenvalue weighted by Gasteiger charge is 2.11. The van der Waals surface area contributed by atoms with Crippen LogP contribution in [0.3, 0.4) is 0 Å². The molecule has 0 aliphatic carbocycles. The molecule has 0 fully saturated rings. The highest BCUT2D eigenvalue weighted by Crippen LogP contribution is 2.25. The largest absolute Gasteiger partial charge is 0.260 e. The van der Waals surface area contributed by atoms with Gasteiger partial charge in [-0.15, -0.1) is 0 Å².